The first-order chi connectivity index (χ1) is 6.91. The highest BCUT2D eigenvalue weighted by atomic mass is 16.2. The van der Waals surface area contributed by atoms with Crippen LogP contribution < -0.4 is 5.32 Å². The Labute approximate surface area is 88.1 Å². The van der Waals surface area contributed by atoms with Gasteiger partial charge < -0.3 is 0 Å². The minimum atomic E-state index is -1.17. The predicted molar refractivity (Wildman–Crippen MR) is 53.8 cm³/mol. The van der Waals surface area contributed by atoms with Gasteiger partial charge in [0.2, 0.25) is 11.8 Å². The number of rotatable bonds is 3. The molecule has 0 unspecified atom stereocenters. The Morgan fingerprint density at radius 3 is 2.53 bits per heavy atom. The second-order valence-electron chi connectivity index (χ2n) is 3.92. The molecule has 0 bridgehead atoms. The monoisotopic (exact) mass is 210 g/mol. The molecule has 5 nitrogen and oxygen atoms in total. The molecule has 0 aromatic rings. The highest BCUT2D eigenvalue weighted by Gasteiger charge is 2.46. The Balaban J connectivity index is 2.88. The number of imide groups is 2. The van der Waals surface area contributed by atoms with Crippen molar-refractivity contribution in [2.75, 3.05) is 6.54 Å². The number of hydrogen-bond donors (Lipinski definition) is 1. The van der Waals surface area contributed by atoms with Gasteiger partial charge in [-0.2, -0.15) is 0 Å². The van der Waals surface area contributed by atoms with Crippen molar-refractivity contribution in [1.29, 1.82) is 0 Å². The maximum Gasteiger partial charge on any atom is 0.330 e. The number of carbonyl (C=O) groups is 3. The zero-order chi connectivity index (χ0) is 11.6. The highest BCUT2D eigenvalue weighted by molar-refractivity contribution is 6.18. The van der Waals surface area contributed by atoms with Crippen LogP contribution >= 0.6 is 0 Å². The molecule has 1 aliphatic rings. The summed E-state index contributed by atoms with van der Waals surface area (Å²) < 4.78 is 0. The van der Waals surface area contributed by atoms with E-state index < -0.39 is 23.3 Å². The Bertz CT molecular complexity index is 334. The predicted octanol–water partition coefficient (Wildman–Crippen LogP) is 0.667. The van der Waals surface area contributed by atoms with E-state index in [0.29, 0.717) is 6.42 Å². The minimum Gasteiger partial charge on any atom is -0.277 e. The van der Waals surface area contributed by atoms with E-state index in [2.05, 4.69) is 11.9 Å². The maximum atomic E-state index is 11.8. The number of urea groups is 1. The standard InChI is InChI=1S/C10H14N2O3/c1-4-5-6-12-8(14)10(2,3)7(13)11-9(12)15/h4H,1,5-6H2,2-3H3,(H,11,13,15). The molecule has 5 heteroatoms. The zero-order valence-electron chi connectivity index (χ0n) is 8.87. The Hall–Kier alpha value is -1.65. The summed E-state index contributed by atoms with van der Waals surface area (Å²) in [5.74, 6) is -1.01. The smallest absolute Gasteiger partial charge is 0.277 e. The van der Waals surface area contributed by atoms with Gasteiger partial charge in [0.05, 0.1) is 0 Å². The second-order valence-corrected chi connectivity index (χ2v) is 3.92. The van der Waals surface area contributed by atoms with E-state index in [1.807, 2.05) is 0 Å². The molecule has 1 saturated heterocycles. The molecule has 1 aliphatic heterocycles. The van der Waals surface area contributed by atoms with E-state index in [4.69, 9.17) is 0 Å². The zero-order valence-corrected chi connectivity index (χ0v) is 8.87. The molecule has 0 saturated carbocycles. The van der Waals surface area contributed by atoms with Gasteiger partial charge in [0, 0.05) is 6.54 Å². The summed E-state index contributed by atoms with van der Waals surface area (Å²) in [6, 6.07) is -0.647. The summed E-state index contributed by atoms with van der Waals surface area (Å²) in [5.41, 5.74) is -1.17. The topological polar surface area (TPSA) is 66.5 Å². The number of nitrogens with one attached hydrogen (secondary N) is 1. The molecule has 15 heavy (non-hydrogen) atoms. The van der Waals surface area contributed by atoms with Crippen LogP contribution in [0.4, 0.5) is 4.79 Å². The van der Waals surface area contributed by atoms with Crippen LogP contribution in [0.1, 0.15) is 20.3 Å². The molecule has 1 N–H and O–H groups in total. The molecular weight excluding hydrogens is 196 g/mol. The fraction of sp³-hybridized carbons (Fsp3) is 0.500. The lowest BCUT2D eigenvalue weighted by molar-refractivity contribution is -0.148. The number of hydrogen-bond acceptors (Lipinski definition) is 3. The molecule has 1 rings (SSSR count). The van der Waals surface area contributed by atoms with Gasteiger partial charge in [0.1, 0.15) is 5.41 Å². The SMILES string of the molecule is C=CCCN1C(=O)NC(=O)C(C)(C)C1=O. The van der Waals surface area contributed by atoms with E-state index in [0.717, 1.165) is 4.90 Å². The van der Waals surface area contributed by atoms with Gasteiger partial charge >= 0.3 is 6.03 Å². The number of barbiturate groups is 1. The molecule has 0 radical (unpaired) electrons. The minimum absolute atomic E-state index is 0.255. The van der Waals surface area contributed by atoms with Gasteiger partial charge in [-0.05, 0) is 20.3 Å². The summed E-state index contributed by atoms with van der Waals surface area (Å²) in [7, 11) is 0. The van der Waals surface area contributed by atoms with Gasteiger partial charge in [0.25, 0.3) is 0 Å². The van der Waals surface area contributed by atoms with Crippen LogP contribution in [0.25, 0.3) is 0 Å². The van der Waals surface area contributed by atoms with E-state index in [1.165, 1.54) is 13.8 Å². The van der Waals surface area contributed by atoms with Crippen molar-refractivity contribution in [1.82, 2.24) is 10.2 Å². The van der Waals surface area contributed by atoms with Crippen molar-refractivity contribution < 1.29 is 14.4 Å². The summed E-state index contributed by atoms with van der Waals surface area (Å²) in [6.45, 7) is 6.76. The van der Waals surface area contributed by atoms with Gasteiger partial charge in [0.15, 0.2) is 0 Å². The molecule has 0 spiro atoms. The lowest BCUT2D eigenvalue weighted by atomic mass is 9.89. The molecule has 0 atom stereocenters. The molecule has 82 valence electrons. The molecule has 0 aliphatic carbocycles. The molecule has 0 aromatic carbocycles. The highest BCUT2D eigenvalue weighted by Crippen LogP contribution is 2.23. The van der Waals surface area contributed by atoms with E-state index >= 15 is 0 Å². The van der Waals surface area contributed by atoms with E-state index in [-0.39, 0.29) is 6.54 Å². The third-order valence-electron chi connectivity index (χ3n) is 2.37. The third kappa shape index (κ3) is 1.91. The summed E-state index contributed by atoms with van der Waals surface area (Å²) in [5, 5.41) is 2.15. The van der Waals surface area contributed by atoms with E-state index in [1.54, 1.807) is 6.08 Å². The van der Waals surface area contributed by atoms with Crippen molar-refractivity contribution in [2.45, 2.75) is 20.3 Å². The van der Waals surface area contributed by atoms with Crippen LogP contribution in [-0.2, 0) is 9.59 Å². The van der Waals surface area contributed by atoms with Crippen LogP contribution in [-0.4, -0.2) is 29.3 Å². The quantitative estimate of drug-likeness (QED) is 0.550. The van der Waals surface area contributed by atoms with Crippen LogP contribution in [0.5, 0.6) is 0 Å². The number of amides is 4. The van der Waals surface area contributed by atoms with Crippen LogP contribution in [0.15, 0.2) is 12.7 Å². The second kappa shape index (κ2) is 3.84. The normalized spacial score (nSPS) is 20.1. The van der Waals surface area contributed by atoms with Gasteiger partial charge in [-0.15, -0.1) is 6.58 Å². The Morgan fingerprint density at radius 2 is 2.00 bits per heavy atom. The van der Waals surface area contributed by atoms with E-state index in [9.17, 15) is 14.4 Å². The van der Waals surface area contributed by atoms with Crippen molar-refractivity contribution in [3.63, 3.8) is 0 Å². The van der Waals surface area contributed by atoms with Crippen molar-refractivity contribution in [3.8, 4) is 0 Å². The first kappa shape index (κ1) is 11.4. The fourth-order valence-electron chi connectivity index (χ4n) is 1.27. The Morgan fingerprint density at radius 1 is 1.40 bits per heavy atom. The number of carbonyl (C=O) groups excluding carboxylic acids is 3. The van der Waals surface area contributed by atoms with Gasteiger partial charge in [-0.1, -0.05) is 6.08 Å². The van der Waals surface area contributed by atoms with Gasteiger partial charge in [-0.3, -0.25) is 19.8 Å². The molecule has 1 heterocycles. The van der Waals surface area contributed by atoms with Crippen LogP contribution in [0.3, 0.4) is 0 Å². The third-order valence-corrected chi connectivity index (χ3v) is 2.37. The molecule has 1 fully saturated rings. The maximum absolute atomic E-state index is 11.8. The summed E-state index contributed by atoms with van der Waals surface area (Å²) in [6.07, 6.45) is 2.13. The van der Waals surface area contributed by atoms with Gasteiger partial charge in [-0.25, -0.2) is 4.79 Å². The molecule has 0 aromatic heterocycles. The number of nitrogens with zero attached hydrogens (tertiary/aromatic N) is 1. The molecule has 4 amide bonds. The van der Waals surface area contributed by atoms with Crippen molar-refractivity contribution >= 4 is 17.8 Å². The van der Waals surface area contributed by atoms with Crippen molar-refractivity contribution in [3.05, 3.63) is 12.7 Å². The Kier molecular flexibility index (Phi) is 2.93. The first-order valence-corrected chi connectivity index (χ1v) is 4.69. The largest absolute Gasteiger partial charge is 0.330 e. The summed E-state index contributed by atoms with van der Waals surface area (Å²) in [4.78, 5) is 35.5. The lowest BCUT2D eigenvalue weighted by Gasteiger charge is -2.34. The van der Waals surface area contributed by atoms with Crippen LogP contribution in [0, 0.1) is 5.41 Å². The fourth-order valence-corrected chi connectivity index (χ4v) is 1.27. The molecular formula is C10H14N2O3. The van der Waals surface area contributed by atoms with Crippen LogP contribution in [0.2, 0.25) is 0 Å². The lowest BCUT2D eigenvalue weighted by Crippen LogP contribution is -2.61. The summed E-state index contributed by atoms with van der Waals surface area (Å²) >= 11 is 0. The average Bonchev–Trinajstić information content (AvgIpc) is 2.16. The first-order valence-electron chi connectivity index (χ1n) is 4.69. The average molecular weight is 210 g/mol. The van der Waals surface area contributed by atoms with Crippen molar-refractivity contribution in [2.24, 2.45) is 5.41 Å².